The molecule has 4 nitrogen and oxygen atoms in total. The van der Waals surface area contributed by atoms with Gasteiger partial charge in [-0.1, -0.05) is 178 Å². The van der Waals surface area contributed by atoms with E-state index in [1.807, 2.05) is 0 Å². The molecule has 43 heavy (non-hydrogen) atoms. The van der Waals surface area contributed by atoms with Gasteiger partial charge in [-0.05, 0) is 37.5 Å². The number of carbonyl (C=O) groups is 1. The molecule has 0 rings (SSSR count). The molecule has 0 aromatic carbocycles. The third-order valence-corrected chi connectivity index (χ3v) is 9.85. The number of carboxylic acid groups (broad SMARTS) is 1. The Labute approximate surface area is 277 Å². The van der Waals surface area contributed by atoms with Gasteiger partial charge in [0.25, 0.3) is 0 Å². The number of halogens is 1. The number of carboxylic acids is 1. The fourth-order valence-electron chi connectivity index (χ4n) is 6.28. The Morgan fingerprint density at radius 1 is 0.535 bits per heavy atom. The molecule has 5 heteroatoms. The van der Waals surface area contributed by atoms with Crippen molar-refractivity contribution in [3.8, 4) is 0 Å². The Morgan fingerprint density at radius 2 is 0.907 bits per heavy atom. The second-order valence-electron chi connectivity index (χ2n) is 13.3. The number of alkyl halides is 1. The molecule has 0 aromatic heterocycles. The van der Waals surface area contributed by atoms with E-state index in [0.29, 0.717) is 31.5 Å². The minimum atomic E-state index is -0.689. The minimum absolute atomic E-state index is 0.387. The van der Waals surface area contributed by atoms with Crippen molar-refractivity contribution >= 4 is 21.9 Å². The van der Waals surface area contributed by atoms with Crippen molar-refractivity contribution in [3.05, 3.63) is 0 Å². The largest absolute Gasteiger partial charge is 0.481 e. The lowest BCUT2D eigenvalue weighted by Gasteiger charge is -2.25. The van der Waals surface area contributed by atoms with Crippen LogP contribution in [0.15, 0.2) is 0 Å². The molecule has 0 aliphatic rings. The Kier molecular flexibility index (Phi) is 33.1. The van der Waals surface area contributed by atoms with Gasteiger partial charge in [0.1, 0.15) is 0 Å². The molecule has 0 aromatic rings. The van der Waals surface area contributed by atoms with E-state index in [1.165, 1.54) is 128 Å². The number of hydrogen-bond acceptors (Lipinski definition) is 3. The first-order valence-electron chi connectivity index (χ1n) is 19.0. The monoisotopic (exact) mass is 674 g/mol. The molecule has 0 spiro atoms. The number of ether oxygens (including phenoxy) is 2. The van der Waals surface area contributed by atoms with Gasteiger partial charge in [0.2, 0.25) is 0 Å². The first kappa shape index (κ1) is 42.9. The SMILES string of the molecule is CCCCCC(CCCCC)CCOC(CC(CCCCCCCCBr)C(=O)O)OCCC(CCCCC)CCCCC. The lowest BCUT2D eigenvalue weighted by Crippen LogP contribution is -2.27. The zero-order valence-corrected chi connectivity index (χ0v) is 31.0. The maximum atomic E-state index is 12.3. The highest BCUT2D eigenvalue weighted by Crippen LogP contribution is 2.25. The van der Waals surface area contributed by atoms with Crippen LogP contribution in [0.2, 0.25) is 0 Å². The van der Waals surface area contributed by atoms with Crippen molar-refractivity contribution < 1.29 is 19.4 Å². The molecule has 0 fully saturated rings. The summed E-state index contributed by atoms with van der Waals surface area (Å²) in [7, 11) is 0. The summed E-state index contributed by atoms with van der Waals surface area (Å²) in [6, 6.07) is 0. The quantitative estimate of drug-likeness (QED) is 0.0413. The van der Waals surface area contributed by atoms with Gasteiger partial charge >= 0.3 is 5.97 Å². The zero-order valence-electron chi connectivity index (χ0n) is 29.4. The van der Waals surface area contributed by atoms with Gasteiger partial charge in [-0.15, -0.1) is 0 Å². The van der Waals surface area contributed by atoms with Crippen molar-refractivity contribution in [2.45, 2.75) is 201 Å². The first-order chi connectivity index (χ1) is 21.0. The highest BCUT2D eigenvalue weighted by molar-refractivity contribution is 9.09. The Balaban J connectivity index is 5.13. The molecular formula is C38H75BrO4. The van der Waals surface area contributed by atoms with E-state index in [-0.39, 0.29) is 5.92 Å². The van der Waals surface area contributed by atoms with E-state index in [1.54, 1.807) is 0 Å². The second kappa shape index (κ2) is 33.2. The van der Waals surface area contributed by atoms with Crippen LogP contribution in [-0.2, 0) is 14.3 Å². The summed E-state index contributed by atoms with van der Waals surface area (Å²) in [5.41, 5.74) is 0. The van der Waals surface area contributed by atoms with Crippen LogP contribution in [-0.4, -0.2) is 35.9 Å². The average molecular weight is 676 g/mol. The van der Waals surface area contributed by atoms with Gasteiger partial charge in [-0.25, -0.2) is 0 Å². The van der Waals surface area contributed by atoms with E-state index < -0.39 is 12.3 Å². The second-order valence-corrected chi connectivity index (χ2v) is 14.1. The molecule has 258 valence electrons. The number of unbranched alkanes of at least 4 members (excludes halogenated alkanes) is 13. The normalized spacial score (nSPS) is 12.7. The van der Waals surface area contributed by atoms with Crippen LogP contribution in [0, 0.1) is 17.8 Å². The molecule has 0 radical (unpaired) electrons. The summed E-state index contributed by atoms with van der Waals surface area (Å²) < 4.78 is 12.9. The van der Waals surface area contributed by atoms with Crippen LogP contribution in [0.25, 0.3) is 0 Å². The van der Waals surface area contributed by atoms with Crippen LogP contribution >= 0.6 is 15.9 Å². The fraction of sp³-hybridized carbons (Fsp3) is 0.974. The number of aliphatic carboxylic acids is 1. The third kappa shape index (κ3) is 27.9. The summed E-state index contributed by atoms with van der Waals surface area (Å²) in [5, 5.41) is 11.2. The predicted molar refractivity (Wildman–Crippen MR) is 190 cm³/mol. The highest BCUT2D eigenvalue weighted by Gasteiger charge is 2.24. The van der Waals surface area contributed by atoms with Crippen LogP contribution < -0.4 is 0 Å². The van der Waals surface area contributed by atoms with E-state index in [0.717, 1.165) is 37.4 Å². The highest BCUT2D eigenvalue weighted by atomic mass is 79.9. The lowest BCUT2D eigenvalue weighted by molar-refractivity contribution is -0.167. The van der Waals surface area contributed by atoms with Crippen LogP contribution in [0.4, 0.5) is 0 Å². The van der Waals surface area contributed by atoms with Crippen molar-refractivity contribution in [2.75, 3.05) is 18.5 Å². The smallest absolute Gasteiger partial charge is 0.306 e. The van der Waals surface area contributed by atoms with Crippen molar-refractivity contribution in [1.29, 1.82) is 0 Å². The Hall–Kier alpha value is -0.130. The van der Waals surface area contributed by atoms with E-state index in [2.05, 4.69) is 43.6 Å². The fourth-order valence-corrected chi connectivity index (χ4v) is 6.68. The summed E-state index contributed by atoms with van der Waals surface area (Å²) in [5.74, 6) is 0.341. The van der Waals surface area contributed by atoms with E-state index in [9.17, 15) is 9.90 Å². The number of rotatable bonds is 35. The third-order valence-electron chi connectivity index (χ3n) is 9.29. The van der Waals surface area contributed by atoms with Gasteiger partial charge in [0.05, 0.1) is 5.92 Å². The van der Waals surface area contributed by atoms with Gasteiger partial charge in [0, 0.05) is 25.0 Å². The molecule has 0 saturated heterocycles. The summed E-state index contributed by atoms with van der Waals surface area (Å²) in [4.78, 5) is 12.3. The van der Waals surface area contributed by atoms with Crippen molar-refractivity contribution in [3.63, 3.8) is 0 Å². The average Bonchev–Trinajstić information content (AvgIpc) is 2.99. The summed E-state index contributed by atoms with van der Waals surface area (Å²) in [6.07, 6.45) is 30.6. The maximum absolute atomic E-state index is 12.3. The van der Waals surface area contributed by atoms with Gasteiger partial charge < -0.3 is 14.6 Å². The predicted octanol–water partition coefficient (Wildman–Crippen LogP) is 12.9. The van der Waals surface area contributed by atoms with Crippen LogP contribution in [0.3, 0.4) is 0 Å². The molecule has 1 unspecified atom stereocenters. The van der Waals surface area contributed by atoms with Crippen LogP contribution in [0.1, 0.15) is 195 Å². The van der Waals surface area contributed by atoms with Crippen molar-refractivity contribution in [1.82, 2.24) is 0 Å². The standard InChI is InChI=1S/C38H75BrO4/c1-5-9-17-23-34(24-18-10-6-2)28-31-42-37(33-36(38(40)41)27-21-15-13-14-16-22-30-39)43-32-29-35(25-19-11-7-3)26-20-12-8-4/h34-37H,5-33H2,1-4H3,(H,40,41). The molecule has 0 aliphatic heterocycles. The van der Waals surface area contributed by atoms with E-state index >= 15 is 0 Å². The molecule has 1 N–H and O–H groups in total. The molecule has 0 heterocycles. The first-order valence-corrected chi connectivity index (χ1v) is 20.2. The van der Waals surface area contributed by atoms with Gasteiger partial charge in [0.15, 0.2) is 6.29 Å². The van der Waals surface area contributed by atoms with Crippen molar-refractivity contribution in [2.24, 2.45) is 17.8 Å². The minimum Gasteiger partial charge on any atom is -0.481 e. The Bertz CT molecular complexity index is 522. The molecular weight excluding hydrogens is 600 g/mol. The van der Waals surface area contributed by atoms with Crippen LogP contribution in [0.5, 0.6) is 0 Å². The topological polar surface area (TPSA) is 55.8 Å². The van der Waals surface area contributed by atoms with Gasteiger partial charge in [-0.3, -0.25) is 4.79 Å². The molecule has 0 saturated carbocycles. The molecule has 0 bridgehead atoms. The Morgan fingerprint density at radius 3 is 1.28 bits per heavy atom. The molecule has 0 amide bonds. The molecule has 1 atom stereocenters. The van der Waals surface area contributed by atoms with Gasteiger partial charge in [-0.2, -0.15) is 0 Å². The lowest BCUT2D eigenvalue weighted by atomic mass is 9.92. The zero-order chi connectivity index (χ0) is 31.8. The maximum Gasteiger partial charge on any atom is 0.306 e. The summed E-state index contributed by atoms with van der Waals surface area (Å²) in [6.45, 7) is 10.5. The van der Waals surface area contributed by atoms with E-state index in [4.69, 9.17) is 9.47 Å². The summed E-state index contributed by atoms with van der Waals surface area (Å²) >= 11 is 3.51. The number of hydrogen-bond donors (Lipinski definition) is 1. The molecule has 0 aliphatic carbocycles.